The third-order valence-electron chi connectivity index (χ3n) is 1.03. The normalized spacial score (nSPS) is 11.8. The van der Waals surface area contributed by atoms with Crippen LogP contribution in [0.25, 0.3) is 0 Å². The highest BCUT2D eigenvalue weighted by atomic mass is 16.2. The van der Waals surface area contributed by atoms with E-state index in [4.69, 9.17) is 0 Å². The van der Waals surface area contributed by atoms with Crippen molar-refractivity contribution in [2.75, 3.05) is 14.1 Å². The average Bonchev–Trinajstić information content (AvgIpc) is 1.99. The van der Waals surface area contributed by atoms with Crippen molar-refractivity contribution >= 4 is 12.3 Å². The van der Waals surface area contributed by atoms with E-state index in [9.17, 15) is 9.59 Å². The van der Waals surface area contributed by atoms with Gasteiger partial charge in [-0.1, -0.05) is 0 Å². The largest absolute Gasteiger partial charge is 0.356 e. The van der Waals surface area contributed by atoms with E-state index in [1.165, 1.54) is 7.05 Å². The molecular weight excluding hydrogens is 134 g/mol. The van der Waals surface area contributed by atoms with Gasteiger partial charge in [0.2, 0.25) is 6.41 Å². The zero-order valence-electron chi connectivity index (χ0n) is 5.97. The Bertz CT molecular complexity index is 126. The minimum atomic E-state index is -0.637. The second-order valence-electron chi connectivity index (χ2n) is 1.62. The molecule has 0 fully saturated rings. The Hall–Kier alpha value is -1.10. The molecule has 0 saturated heterocycles. The fourth-order valence-electron chi connectivity index (χ4n) is 0.502. The lowest BCUT2D eigenvalue weighted by molar-refractivity contribution is -0.125. The summed E-state index contributed by atoms with van der Waals surface area (Å²) in [5, 5.41) is 7.26. The van der Waals surface area contributed by atoms with Crippen LogP contribution in [0.3, 0.4) is 0 Å². The zero-order valence-corrected chi connectivity index (χ0v) is 5.97. The average molecular weight is 145 g/mol. The Balaban J connectivity index is 3.79. The molecule has 5 nitrogen and oxygen atoms in total. The first-order valence-electron chi connectivity index (χ1n) is 2.84. The molecule has 1 unspecified atom stereocenters. The van der Waals surface area contributed by atoms with Gasteiger partial charge in [-0.25, -0.2) is 0 Å². The first-order valence-corrected chi connectivity index (χ1v) is 2.84. The smallest absolute Gasteiger partial charge is 0.257 e. The van der Waals surface area contributed by atoms with Crippen LogP contribution in [-0.2, 0) is 9.59 Å². The summed E-state index contributed by atoms with van der Waals surface area (Å²) in [6.45, 7) is 0. The van der Waals surface area contributed by atoms with E-state index in [0.717, 1.165) is 0 Å². The Morgan fingerprint density at radius 3 is 2.40 bits per heavy atom. The monoisotopic (exact) mass is 145 g/mol. The molecule has 0 aliphatic heterocycles. The summed E-state index contributed by atoms with van der Waals surface area (Å²) < 4.78 is 0. The van der Waals surface area contributed by atoms with E-state index in [1.54, 1.807) is 7.05 Å². The molecule has 0 aliphatic rings. The van der Waals surface area contributed by atoms with Crippen LogP contribution >= 0.6 is 0 Å². The summed E-state index contributed by atoms with van der Waals surface area (Å²) >= 11 is 0. The predicted molar refractivity (Wildman–Crippen MR) is 36.1 cm³/mol. The van der Waals surface area contributed by atoms with Crippen molar-refractivity contribution in [1.82, 2.24) is 16.0 Å². The second-order valence-corrected chi connectivity index (χ2v) is 1.62. The number of rotatable bonds is 4. The Kier molecular flexibility index (Phi) is 4.23. The standard InChI is InChI=1S/C5H11N3O2/c1-6-4(8-3-9)5(10)7-2/h3-4,6H,1-2H3,(H,7,10)(H,8,9). The minimum Gasteiger partial charge on any atom is -0.356 e. The minimum absolute atomic E-state index is 0.269. The molecule has 0 aromatic carbocycles. The van der Waals surface area contributed by atoms with E-state index in [2.05, 4.69) is 16.0 Å². The molecule has 2 amide bonds. The summed E-state index contributed by atoms with van der Waals surface area (Å²) in [5.74, 6) is -0.269. The second kappa shape index (κ2) is 4.75. The van der Waals surface area contributed by atoms with E-state index >= 15 is 0 Å². The molecule has 1 atom stereocenters. The summed E-state index contributed by atoms with van der Waals surface area (Å²) in [5.41, 5.74) is 0. The number of likely N-dealkylation sites (N-methyl/N-ethyl adjacent to an activating group) is 2. The number of carbonyl (C=O) groups is 2. The number of nitrogens with one attached hydrogen (secondary N) is 3. The Labute approximate surface area is 59.2 Å². The van der Waals surface area contributed by atoms with Crippen molar-refractivity contribution in [1.29, 1.82) is 0 Å². The van der Waals surface area contributed by atoms with E-state index < -0.39 is 6.17 Å². The van der Waals surface area contributed by atoms with Gasteiger partial charge in [-0.3, -0.25) is 14.9 Å². The van der Waals surface area contributed by atoms with Gasteiger partial charge in [-0.2, -0.15) is 0 Å². The lowest BCUT2D eigenvalue weighted by atomic mass is 10.4. The molecule has 0 aliphatic carbocycles. The quantitative estimate of drug-likeness (QED) is 0.317. The number of carbonyl (C=O) groups excluding carboxylic acids is 2. The van der Waals surface area contributed by atoms with E-state index in [1.807, 2.05) is 0 Å². The lowest BCUT2D eigenvalue weighted by Gasteiger charge is -2.11. The maximum atomic E-state index is 10.7. The molecular formula is C5H11N3O2. The van der Waals surface area contributed by atoms with E-state index in [0.29, 0.717) is 6.41 Å². The molecule has 0 heterocycles. The molecule has 3 N–H and O–H groups in total. The highest BCUT2D eigenvalue weighted by Gasteiger charge is 2.11. The first-order chi connectivity index (χ1) is 4.76. The van der Waals surface area contributed by atoms with Gasteiger partial charge in [0.05, 0.1) is 0 Å². The molecule has 0 spiro atoms. The van der Waals surface area contributed by atoms with Crippen LogP contribution in [0.2, 0.25) is 0 Å². The highest BCUT2D eigenvalue weighted by molar-refractivity contribution is 5.82. The van der Waals surface area contributed by atoms with Crippen LogP contribution in [0.1, 0.15) is 0 Å². The molecule has 5 heteroatoms. The van der Waals surface area contributed by atoms with Gasteiger partial charge >= 0.3 is 0 Å². The van der Waals surface area contributed by atoms with Gasteiger partial charge in [0, 0.05) is 7.05 Å². The maximum Gasteiger partial charge on any atom is 0.257 e. The van der Waals surface area contributed by atoms with Gasteiger partial charge in [0.15, 0.2) is 6.17 Å². The fraction of sp³-hybridized carbons (Fsp3) is 0.600. The molecule has 0 bridgehead atoms. The van der Waals surface area contributed by atoms with E-state index in [-0.39, 0.29) is 5.91 Å². The fourth-order valence-corrected chi connectivity index (χ4v) is 0.502. The van der Waals surface area contributed by atoms with Crippen molar-refractivity contribution in [3.8, 4) is 0 Å². The molecule has 10 heavy (non-hydrogen) atoms. The molecule has 0 aromatic rings. The van der Waals surface area contributed by atoms with Crippen LogP contribution in [0.5, 0.6) is 0 Å². The van der Waals surface area contributed by atoms with Crippen molar-refractivity contribution in [2.24, 2.45) is 0 Å². The maximum absolute atomic E-state index is 10.7. The number of hydrogen-bond donors (Lipinski definition) is 3. The SMILES string of the molecule is CNC(=O)C(NC)NC=O. The Morgan fingerprint density at radius 2 is 2.10 bits per heavy atom. The number of amides is 2. The van der Waals surface area contributed by atoms with Crippen LogP contribution in [0.4, 0.5) is 0 Å². The molecule has 0 aromatic heterocycles. The van der Waals surface area contributed by atoms with Crippen molar-refractivity contribution < 1.29 is 9.59 Å². The molecule has 0 radical (unpaired) electrons. The Morgan fingerprint density at radius 1 is 1.50 bits per heavy atom. The van der Waals surface area contributed by atoms with Gasteiger partial charge in [-0.15, -0.1) is 0 Å². The third-order valence-corrected chi connectivity index (χ3v) is 1.03. The first kappa shape index (κ1) is 8.90. The lowest BCUT2D eigenvalue weighted by Crippen LogP contribution is -2.50. The number of hydrogen-bond acceptors (Lipinski definition) is 3. The molecule has 0 rings (SSSR count). The van der Waals surface area contributed by atoms with Gasteiger partial charge < -0.3 is 10.6 Å². The summed E-state index contributed by atoms with van der Waals surface area (Å²) in [6.07, 6.45) is -0.168. The van der Waals surface area contributed by atoms with Crippen LogP contribution < -0.4 is 16.0 Å². The topological polar surface area (TPSA) is 70.2 Å². The molecule has 0 saturated carbocycles. The third kappa shape index (κ3) is 2.45. The van der Waals surface area contributed by atoms with Gasteiger partial charge in [-0.05, 0) is 7.05 Å². The van der Waals surface area contributed by atoms with Crippen molar-refractivity contribution in [2.45, 2.75) is 6.17 Å². The van der Waals surface area contributed by atoms with Crippen LogP contribution in [0, 0.1) is 0 Å². The van der Waals surface area contributed by atoms with Crippen molar-refractivity contribution in [3.63, 3.8) is 0 Å². The van der Waals surface area contributed by atoms with Crippen LogP contribution in [0.15, 0.2) is 0 Å². The van der Waals surface area contributed by atoms with Crippen LogP contribution in [-0.4, -0.2) is 32.6 Å². The predicted octanol–water partition coefficient (Wildman–Crippen LogP) is -1.98. The summed E-state index contributed by atoms with van der Waals surface area (Å²) in [4.78, 5) is 20.6. The summed E-state index contributed by atoms with van der Waals surface area (Å²) in [6, 6.07) is 0. The summed E-state index contributed by atoms with van der Waals surface area (Å²) in [7, 11) is 3.08. The highest BCUT2D eigenvalue weighted by Crippen LogP contribution is 1.71. The zero-order chi connectivity index (χ0) is 7.98. The van der Waals surface area contributed by atoms with Gasteiger partial charge in [0.25, 0.3) is 5.91 Å². The molecule has 58 valence electrons. The van der Waals surface area contributed by atoms with Crippen molar-refractivity contribution in [3.05, 3.63) is 0 Å². The van der Waals surface area contributed by atoms with Gasteiger partial charge in [0.1, 0.15) is 0 Å².